The van der Waals surface area contributed by atoms with Gasteiger partial charge in [0, 0.05) is 18.9 Å². The number of aromatic nitrogens is 2. The Morgan fingerprint density at radius 2 is 2.00 bits per heavy atom. The van der Waals surface area contributed by atoms with E-state index in [1.165, 1.54) is 19.3 Å². The number of rotatable bonds is 11. The minimum atomic E-state index is -0.940. The zero-order chi connectivity index (χ0) is 21.2. The summed E-state index contributed by atoms with van der Waals surface area (Å²) in [7, 11) is 0. The van der Waals surface area contributed by atoms with Gasteiger partial charge in [-0.25, -0.2) is 0 Å². The summed E-state index contributed by atoms with van der Waals surface area (Å²) >= 11 is 0. The second-order valence-electron chi connectivity index (χ2n) is 8.66. The van der Waals surface area contributed by atoms with Crippen LogP contribution in [0.5, 0.6) is 0 Å². The van der Waals surface area contributed by atoms with E-state index in [-0.39, 0.29) is 24.8 Å². The molecule has 1 aromatic rings. The maximum atomic E-state index is 12.6. The van der Waals surface area contributed by atoms with Gasteiger partial charge in [0.15, 0.2) is 0 Å². The molecule has 0 aliphatic heterocycles. The number of hydrogen-bond acceptors (Lipinski definition) is 5. The predicted octanol–water partition coefficient (Wildman–Crippen LogP) is 1.19. The molecule has 1 fully saturated rings. The molecule has 1 heterocycles. The van der Waals surface area contributed by atoms with E-state index in [0.717, 1.165) is 12.8 Å². The fourth-order valence-electron chi connectivity index (χ4n) is 3.80. The zero-order valence-electron chi connectivity index (χ0n) is 17.7. The van der Waals surface area contributed by atoms with E-state index in [0.29, 0.717) is 24.8 Å². The van der Waals surface area contributed by atoms with Gasteiger partial charge in [-0.3, -0.25) is 14.3 Å². The molecule has 0 bridgehead atoms. The summed E-state index contributed by atoms with van der Waals surface area (Å²) in [4.78, 5) is 24.8. The molecule has 2 rings (SSSR count). The lowest BCUT2D eigenvalue weighted by molar-refractivity contribution is -0.127. The Labute approximate surface area is 173 Å². The SMILES string of the molecule is CC(C)CNC(=O)C[C@H](O)[C@H](CC1CCCCC1)NC(=O)[C@@H](N)Cn1cccn1. The van der Waals surface area contributed by atoms with Crippen molar-refractivity contribution in [3.63, 3.8) is 0 Å². The molecule has 1 aliphatic rings. The first-order chi connectivity index (χ1) is 13.8. The number of hydrogen-bond donors (Lipinski definition) is 4. The number of amides is 2. The van der Waals surface area contributed by atoms with Crippen LogP contribution in [0.4, 0.5) is 0 Å². The highest BCUT2D eigenvalue weighted by molar-refractivity contribution is 5.82. The number of nitrogens with one attached hydrogen (secondary N) is 2. The lowest BCUT2D eigenvalue weighted by Crippen LogP contribution is -2.52. The molecule has 0 aromatic carbocycles. The van der Waals surface area contributed by atoms with Crippen LogP contribution in [0, 0.1) is 11.8 Å². The minimum absolute atomic E-state index is 0.0290. The number of aliphatic hydroxyl groups excluding tert-OH is 1. The van der Waals surface area contributed by atoms with Crippen LogP contribution >= 0.6 is 0 Å². The first kappa shape index (κ1) is 23.3. The van der Waals surface area contributed by atoms with Crippen molar-refractivity contribution in [3.05, 3.63) is 18.5 Å². The van der Waals surface area contributed by atoms with Gasteiger partial charge in [0.05, 0.1) is 25.1 Å². The third-order valence-corrected chi connectivity index (χ3v) is 5.49. The molecule has 2 amide bonds. The fourth-order valence-corrected chi connectivity index (χ4v) is 3.80. The number of carbonyl (C=O) groups excluding carboxylic acids is 2. The molecule has 29 heavy (non-hydrogen) atoms. The molecule has 0 unspecified atom stereocenters. The topological polar surface area (TPSA) is 122 Å². The van der Waals surface area contributed by atoms with E-state index in [4.69, 9.17) is 5.73 Å². The van der Waals surface area contributed by atoms with E-state index >= 15 is 0 Å². The molecule has 8 heteroatoms. The number of nitrogens with two attached hydrogens (primary N) is 1. The molecular weight excluding hydrogens is 370 g/mol. The van der Waals surface area contributed by atoms with Crippen molar-refractivity contribution in [2.24, 2.45) is 17.6 Å². The first-order valence-electron chi connectivity index (χ1n) is 10.8. The van der Waals surface area contributed by atoms with Crippen LogP contribution in [0.15, 0.2) is 18.5 Å². The number of nitrogens with zero attached hydrogens (tertiary/aromatic N) is 2. The van der Waals surface area contributed by atoms with Crippen LogP contribution in [0.2, 0.25) is 0 Å². The van der Waals surface area contributed by atoms with Crippen LogP contribution in [-0.2, 0) is 16.1 Å². The van der Waals surface area contributed by atoms with Gasteiger partial charge >= 0.3 is 0 Å². The van der Waals surface area contributed by atoms with Gasteiger partial charge < -0.3 is 21.5 Å². The molecule has 0 spiro atoms. The summed E-state index contributed by atoms with van der Waals surface area (Å²) in [6.45, 7) is 4.87. The quantitative estimate of drug-likeness (QED) is 0.439. The van der Waals surface area contributed by atoms with Crippen molar-refractivity contribution < 1.29 is 14.7 Å². The molecule has 5 N–H and O–H groups in total. The summed E-state index contributed by atoms with van der Waals surface area (Å²) in [6, 6.07) is 0.514. The third kappa shape index (κ3) is 8.53. The van der Waals surface area contributed by atoms with Crippen molar-refractivity contribution in [2.45, 2.75) is 83.5 Å². The second-order valence-corrected chi connectivity index (χ2v) is 8.66. The monoisotopic (exact) mass is 407 g/mol. The third-order valence-electron chi connectivity index (χ3n) is 5.49. The van der Waals surface area contributed by atoms with E-state index in [1.54, 1.807) is 23.1 Å². The van der Waals surface area contributed by atoms with E-state index < -0.39 is 18.2 Å². The van der Waals surface area contributed by atoms with Gasteiger partial charge in [0.25, 0.3) is 0 Å². The van der Waals surface area contributed by atoms with Crippen molar-refractivity contribution >= 4 is 11.8 Å². The molecule has 8 nitrogen and oxygen atoms in total. The Morgan fingerprint density at radius 3 is 2.62 bits per heavy atom. The van der Waals surface area contributed by atoms with E-state index in [9.17, 15) is 14.7 Å². The lowest BCUT2D eigenvalue weighted by atomic mass is 9.83. The summed E-state index contributed by atoms with van der Waals surface area (Å²) < 4.78 is 1.61. The molecule has 0 saturated heterocycles. The van der Waals surface area contributed by atoms with Gasteiger partial charge in [-0.05, 0) is 24.3 Å². The van der Waals surface area contributed by atoms with Crippen molar-refractivity contribution in [2.75, 3.05) is 6.54 Å². The molecule has 3 atom stereocenters. The normalized spacial score (nSPS) is 18.2. The standard InChI is InChI=1S/C21H37N5O3/c1-15(2)13-23-20(28)12-19(27)18(11-16-7-4-3-5-8-16)25-21(29)17(22)14-26-10-6-9-24-26/h6,9-10,15-19,27H,3-5,7-8,11-14,22H2,1-2H3,(H,23,28)(H,25,29)/t17-,18-,19-/m0/s1. The van der Waals surface area contributed by atoms with E-state index in [1.807, 2.05) is 13.8 Å². The highest BCUT2D eigenvalue weighted by Crippen LogP contribution is 2.28. The second kappa shape index (κ2) is 11.9. The number of carbonyl (C=O) groups is 2. The van der Waals surface area contributed by atoms with Crippen molar-refractivity contribution in [1.82, 2.24) is 20.4 Å². The van der Waals surface area contributed by atoms with Crippen molar-refractivity contribution in [3.8, 4) is 0 Å². The predicted molar refractivity (Wildman–Crippen MR) is 112 cm³/mol. The van der Waals surface area contributed by atoms with Crippen molar-refractivity contribution in [1.29, 1.82) is 0 Å². The lowest BCUT2D eigenvalue weighted by Gasteiger charge is -2.30. The molecular formula is C21H37N5O3. The van der Waals surface area contributed by atoms with Gasteiger partial charge in [0.2, 0.25) is 11.8 Å². The van der Waals surface area contributed by atoms with E-state index in [2.05, 4.69) is 15.7 Å². The van der Waals surface area contributed by atoms with Gasteiger partial charge in [0.1, 0.15) is 6.04 Å². The summed E-state index contributed by atoms with van der Waals surface area (Å²) in [5.41, 5.74) is 6.04. The summed E-state index contributed by atoms with van der Waals surface area (Å²) in [6.07, 6.45) is 8.86. The molecule has 1 saturated carbocycles. The molecule has 0 radical (unpaired) electrons. The smallest absolute Gasteiger partial charge is 0.239 e. The average molecular weight is 408 g/mol. The Balaban J connectivity index is 1.95. The maximum Gasteiger partial charge on any atom is 0.239 e. The zero-order valence-corrected chi connectivity index (χ0v) is 17.7. The first-order valence-corrected chi connectivity index (χ1v) is 10.8. The Bertz CT molecular complexity index is 614. The summed E-state index contributed by atoms with van der Waals surface area (Å²) in [5.74, 6) is 0.261. The molecule has 1 aliphatic carbocycles. The number of aliphatic hydroxyl groups is 1. The van der Waals surface area contributed by atoms with Crippen LogP contribution in [0.1, 0.15) is 58.8 Å². The Hall–Kier alpha value is -1.93. The van der Waals surface area contributed by atoms with Crippen LogP contribution in [-0.4, -0.2) is 51.4 Å². The van der Waals surface area contributed by atoms with Gasteiger partial charge in [-0.1, -0.05) is 46.0 Å². The van der Waals surface area contributed by atoms with Crippen LogP contribution in [0.3, 0.4) is 0 Å². The van der Waals surface area contributed by atoms with Crippen LogP contribution in [0.25, 0.3) is 0 Å². The minimum Gasteiger partial charge on any atom is -0.390 e. The Kier molecular flexibility index (Phi) is 9.60. The Morgan fingerprint density at radius 1 is 1.28 bits per heavy atom. The molecule has 164 valence electrons. The summed E-state index contributed by atoms with van der Waals surface area (Å²) in [5, 5.41) is 20.5. The average Bonchev–Trinajstić information content (AvgIpc) is 3.19. The molecule has 1 aromatic heterocycles. The van der Waals surface area contributed by atoms with Gasteiger partial charge in [-0.2, -0.15) is 5.10 Å². The van der Waals surface area contributed by atoms with Gasteiger partial charge in [-0.15, -0.1) is 0 Å². The maximum absolute atomic E-state index is 12.6. The largest absolute Gasteiger partial charge is 0.390 e. The highest BCUT2D eigenvalue weighted by Gasteiger charge is 2.29. The highest BCUT2D eigenvalue weighted by atomic mass is 16.3. The fraction of sp³-hybridized carbons (Fsp3) is 0.762. The van der Waals surface area contributed by atoms with Crippen LogP contribution < -0.4 is 16.4 Å².